The molecule has 1 aromatic heterocycles. The largest absolute Gasteiger partial charge is 0.497 e. The van der Waals surface area contributed by atoms with Crippen LogP contribution in [0.25, 0.3) is 0 Å². The number of aromatic nitrogens is 2. The highest BCUT2D eigenvalue weighted by molar-refractivity contribution is 7.44. The van der Waals surface area contributed by atoms with Gasteiger partial charge in [-0.2, -0.15) is 10.2 Å². The summed E-state index contributed by atoms with van der Waals surface area (Å²) in [6.45, 7) is 10.3. The van der Waals surface area contributed by atoms with E-state index < -0.39 is 38.3 Å². The van der Waals surface area contributed by atoms with Crippen molar-refractivity contribution in [1.29, 1.82) is 5.26 Å². The van der Waals surface area contributed by atoms with Crippen molar-refractivity contribution in [2.75, 3.05) is 73.3 Å². The smallest absolute Gasteiger partial charge is 0.351 e. The third kappa shape index (κ3) is 13.1. The van der Waals surface area contributed by atoms with Crippen molar-refractivity contribution in [2.24, 2.45) is 4.99 Å². The third-order valence-corrected chi connectivity index (χ3v) is 12.4. The molecule has 1 unspecified atom stereocenters. The summed E-state index contributed by atoms with van der Waals surface area (Å²) in [4.78, 5) is 22.8. The van der Waals surface area contributed by atoms with Crippen LogP contribution < -0.4 is 25.8 Å². The molecule has 2 N–H and O–H groups in total. The minimum Gasteiger partial charge on any atom is -0.497 e. The Balaban J connectivity index is 1.55. The Labute approximate surface area is 372 Å². The Bertz CT molecular complexity index is 2040. The lowest BCUT2D eigenvalue weighted by Gasteiger charge is -2.39. The van der Waals surface area contributed by atoms with E-state index in [1.165, 1.54) is 4.57 Å². The normalized spacial score (nSPS) is 17.2. The second-order valence-electron chi connectivity index (χ2n) is 15.1. The summed E-state index contributed by atoms with van der Waals surface area (Å²) in [6, 6.07) is 29.6. The second kappa shape index (κ2) is 24.8. The van der Waals surface area contributed by atoms with Gasteiger partial charge in [-0.15, -0.1) is 0 Å². The fraction of sp³-hybridized carbons (Fsp3) is 0.478. The predicted octanol–water partition coefficient (Wildman–Crippen LogP) is 6.87. The van der Waals surface area contributed by atoms with Crippen LogP contribution in [0, 0.1) is 11.3 Å². The maximum absolute atomic E-state index is 13.9. The Morgan fingerprint density at radius 2 is 1.52 bits per heavy atom. The van der Waals surface area contributed by atoms with Crippen LogP contribution >= 0.6 is 8.53 Å². The highest BCUT2D eigenvalue weighted by atomic mass is 31.2. The fourth-order valence-corrected chi connectivity index (χ4v) is 9.06. The molecule has 0 aliphatic carbocycles. The summed E-state index contributed by atoms with van der Waals surface area (Å²) in [5.74, 6) is 2.13. The highest BCUT2D eigenvalue weighted by Crippen LogP contribution is 2.50. The number of nitrogens with one attached hydrogen (secondary N) is 2. The number of anilines is 1. The molecule has 0 amide bonds. The van der Waals surface area contributed by atoms with Gasteiger partial charge in [0.15, 0.2) is 5.96 Å². The van der Waals surface area contributed by atoms with Gasteiger partial charge in [0.1, 0.15) is 35.2 Å². The second-order valence-corrected chi connectivity index (χ2v) is 16.5. The molecule has 17 heteroatoms. The van der Waals surface area contributed by atoms with Gasteiger partial charge in [0.25, 0.3) is 8.53 Å². The van der Waals surface area contributed by atoms with Crippen molar-refractivity contribution in [3.63, 3.8) is 0 Å². The molecule has 16 nitrogen and oxygen atoms in total. The highest BCUT2D eigenvalue weighted by Gasteiger charge is 2.45. The number of hydrogen-bond donors (Lipinski definition) is 2. The van der Waals surface area contributed by atoms with Crippen LogP contribution in [0.2, 0.25) is 0 Å². The molecule has 63 heavy (non-hydrogen) atoms. The van der Waals surface area contributed by atoms with E-state index in [1.807, 2.05) is 78.9 Å². The van der Waals surface area contributed by atoms with Gasteiger partial charge in [-0.3, -0.25) is 9.56 Å². The first-order chi connectivity index (χ1) is 30.6. The number of ether oxygens (including phenoxy) is 6. The zero-order valence-electron chi connectivity index (χ0n) is 37.6. The molecule has 3 aromatic carbocycles. The van der Waals surface area contributed by atoms with E-state index in [-0.39, 0.29) is 38.1 Å². The lowest BCUT2D eigenvalue weighted by Crippen LogP contribution is -2.39. The maximum Gasteiger partial charge on any atom is 0.351 e. The van der Waals surface area contributed by atoms with E-state index in [4.69, 9.17) is 37.5 Å². The average molecular weight is 888 g/mol. The number of methoxy groups -OCH3 is 4. The fourth-order valence-electron chi connectivity index (χ4n) is 7.31. The molecule has 5 rings (SSSR count). The molecule has 340 valence electrons. The number of hydrogen-bond acceptors (Lipinski definition) is 13. The van der Waals surface area contributed by atoms with Crippen LogP contribution in [0.4, 0.5) is 5.82 Å². The number of guanidine groups is 1. The van der Waals surface area contributed by atoms with Crippen molar-refractivity contribution in [3.8, 4) is 17.6 Å². The van der Waals surface area contributed by atoms with Crippen LogP contribution in [0.5, 0.6) is 11.5 Å². The van der Waals surface area contributed by atoms with Crippen molar-refractivity contribution >= 4 is 20.3 Å². The minimum absolute atomic E-state index is 0.0368. The molecule has 4 aromatic rings. The van der Waals surface area contributed by atoms with Crippen LogP contribution in [0.15, 0.2) is 101 Å². The average Bonchev–Trinajstić information content (AvgIpc) is 3.69. The van der Waals surface area contributed by atoms with Crippen molar-refractivity contribution < 1.29 is 37.5 Å². The monoisotopic (exact) mass is 887 g/mol. The molecule has 0 radical (unpaired) electrons. The molecular formula is C46H62N7O9P. The van der Waals surface area contributed by atoms with E-state index in [2.05, 4.69) is 59.0 Å². The van der Waals surface area contributed by atoms with Gasteiger partial charge in [0.05, 0.1) is 65.8 Å². The van der Waals surface area contributed by atoms with E-state index >= 15 is 0 Å². The molecule has 0 bridgehead atoms. The van der Waals surface area contributed by atoms with Crippen molar-refractivity contribution in [3.05, 3.63) is 118 Å². The molecule has 0 saturated carbocycles. The third-order valence-electron chi connectivity index (χ3n) is 10.3. The van der Waals surface area contributed by atoms with E-state index in [1.54, 1.807) is 40.7 Å². The number of rotatable bonds is 24. The summed E-state index contributed by atoms with van der Waals surface area (Å²) in [5, 5.41) is 15.7. The molecule has 4 atom stereocenters. The minimum atomic E-state index is -1.69. The standard InChI is InChI=1S/C46H62N7O9P/c1-33(2)53(34(3)4)63(60-28-12-24-47)62-40-31-43(52-27-23-42(51-45(52)54)50-44(48-25-29-55-5)49-26-30-56-6)61-41(40)32-59-46(35-13-10-9-11-14-35,36-15-19-38(57-7)20-16-36)37-17-21-39(58-8)22-18-37/h9-11,13-23,27,33-34,40-41,43H,12,25-26,28-32H2,1-8H3,(H2,48,49,50,51,54)/t40-,41+,43+,63?/m0/s1. The molecule has 1 aliphatic heterocycles. The van der Waals surface area contributed by atoms with Crippen molar-refractivity contribution in [1.82, 2.24) is 19.5 Å². The summed E-state index contributed by atoms with van der Waals surface area (Å²) < 4.78 is 52.6. The van der Waals surface area contributed by atoms with Gasteiger partial charge in [0.2, 0.25) is 0 Å². The molecular weight excluding hydrogens is 826 g/mol. The van der Waals surface area contributed by atoms with E-state index in [9.17, 15) is 10.1 Å². The number of nitriles is 1. The van der Waals surface area contributed by atoms with Gasteiger partial charge < -0.3 is 48.1 Å². The number of benzene rings is 3. The van der Waals surface area contributed by atoms with Crippen LogP contribution in [0.3, 0.4) is 0 Å². The Hall–Kier alpha value is -4.95. The van der Waals surface area contributed by atoms with Crippen LogP contribution in [-0.2, 0) is 33.6 Å². The van der Waals surface area contributed by atoms with Gasteiger partial charge in [0, 0.05) is 45.5 Å². The first kappa shape index (κ1) is 49.1. The lowest BCUT2D eigenvalue weighted by molar-refractivity contribution is -0.0925. The van der Waals surface area contributed by atoms with Crippen molar-refractivity contribution in [2.45, 2.75) is 76.7 Å². The molecule has 2 heterocycles. The summed E-state index contributed by atoms with van der Waals surface area (Å²) in [6.07, 6.45) is 0.0380. The Kier molecular flexibility index (Phi) is 19.3. The summed E-state index contributed by atoms with van der Waals surface area (Å²) >= 11 is 0. The van der Waals surface area contributed by atoms with E-state index in [0.29, 0.717) is 49.6 Å². The van der Waals surface area contributed by atoms with Gasteiger partial charge in [-0.1, -0.05) is 54.6 Å². The van der Waals surface area contributed by atoms with E-state index in [0.717, 1.165) is 16.7 Å². The topological polar surface area (TPSA) is 172 Å². The number of nitrogens with zero attached hydrogens (tertiary/aromatic N) is 5. The van der Waals surface area contributed by atoms with Crippen LogP contribution in [-0.4, -0.2) is 112 Å². The quantitative estimate of drug-likeness (QED) is 0.0246. The first-order valence-electron chi connectivity index (χ1n) is 21.1. The van der Waals surface area contributed by atoms with Gasteiger partial charge in [-0.25, -0.2) is 9.46 Å². The Morgan fingerprint density at radius 3 is 2.08 bits per heavy atom. The maximum atomic E-state index is 13.9. The number of aliphatic imine (C=N–C) groups is 1. The lowest BCUT2D eigenvalue weighted by atomic mass is 9.80. The summed E-state index contributed by atoms with van der Waals surface area (Å²) in [5.41, 5.74) is 0.903. The first-order valence-corrected chi connectivity index (χ1v) is 22.2. The SMILES string of the molecule is COCCN=C(NCCOC)Nc1ccn([C@H]2C[C@H](OP(OCCC#N)N(C(C)C)C(C)C)[C@@H](COC(c3ccccc3)(c3ccc(OC)cc3)c3ccc(OC)cc3)O2)c(=O)n1. The predicted molar refractivity (Wildman–Crippen MR) is 243 cm³/mol. The molecule has 1 aliphatic rings. The Morgan fingerprint density at radius 1 is 0.905 bits per heavy atom. The zero-order chi connectivity index (χ0) is 45.2. The molecule has 0 spiro atoms. The molecule has 1 fully saturated rings. The van der Waals surface area contributed by atoms with Gasteiger partial charge in [-0.05, 0) is 74.7 Å². The van der Waals surface area contributed by atoms with Gasteiger partial charge >= 0.3 is 5.69 Å². The zero-order valence-corrected chi connectivity index (χ0v) is 38.5. The van der Waals surface area contributed by atoms with Crippen LogP contribution in [0.1, 0.15) is 63.5 Å². The summed E-state index contributed by atoms with van der Waals surface area (Å²) in [7, 11) is 4.80. The molecule has 1 saturated heterocycles.